The van der Waals surface area contributed by atoms with Crippen LogP contribution in [0.25, 0.3) is 0 Å². The number of rotatable bonds is 5. The van der Waals surface area contributed by atoms with E-state index in [0.29, 0.717) is 32.5 Å². The number of nitrogens with one attached hydrogen (secondary N) is 1. The molecule has 1 heterocycles. The molecule has 0 atom stereocenters. The monoisotopic (exact) mass is 271 g/mol. The van der Waals surface area contributed by atoms with Crippen LogP contribution in [0.15, 0.2) is 0 Å². The second-order valence-electron chi connectivity index (χ2n) is 6.54. The van der Waals surface area contributed by atoms with Crippen molar-refractivity contribution in [3.63, 3.8) is 0 Å². The SMILES string of the molecule is CC(C)(C)CCC(=O)NCC1(C(=O)O)CCOCC1. The van der Waals surface area contributed by atoms with Crippen LogP contribution < -0.4 is 5.32 Å². The summed E-state index contributed by atoms with van der Waals surface area (Å²) in [6, 6.07) is 0. The average molecular weight is 271 g/mol. The first-order chi connectivity index (χ1) is 8.75. The number of carbonyl (C=O) groups excluding carboxylic acids is 1. The molecule has 1 fully saturated rings. The van der Waals surface area contributed by atoms with Crippen LogP contribution in [-0.2, 0) is 14.3 Å². The predicted octanol–water partition coefficient (Wildman–Crippen LogP) is 1.81. The van der Waals surface area contributed by atoms with Crippen LogP contribution in [0.1, 0.15) is 46.5 Å². The van der Waals surface area contributed by atoms with Gasteiger partial charge in [-0.05, 0) is 24.7 Å². The zero-order valence-electron chi connectivity index (χ0n) is 12.1. The molecule has 0 saturated carbocycles. The maximum Gasteiger partial charge on any atom is 0.311 e. The Morgan fingerprint density at radius 2 is 1.84 bits per heavy atom. The van der Waals surface area contributed by atoms with Gasteiger partial charge in [0.25, 0.3) is 0 Å². The largest absolute Gasteiger partial charge is 0.481 e. The van der Waals surface area contributed by atoms with E-state index in [9.17, 15) is 14.7 Å². The number of carboxylic acid groups (broad SMARTS) is 1. The number of aliphatic carboxylic acids is 1. The first kappa shape index (κ1) is 16.0. The maximum atomic E-state index is 11.8. The fraction of sp³-hybridized carbons (Fsp3) is 0.857. The van der Waals surface area contributed by atoms with Gasteiger partial charge in [-0.3, -0.25) is 9.59 Å². The van der Waals surface area contributed by atoms with Gasteiger partial charge >= 0.3 is 5.97 Å². The van der Waals surface area contributed by atoms with E-state index in [1.54, 1.807) is 0 Å². The fourth-order valence-corrected chi connectivity index (χ4v) is 2.07. The number of amides is 1. The second kappa shape index (κ2) is 6.37. The van der Waals surface area contributed by atoms with Crippen LogP contribution in [0, 0.1) is 10.8 Å². The Morgan fingerprint density at radius 3 is 2.32 bits per heavy atom. The van der Waals surface area contributed by atoms with E-state index in [4.69, 9.17) is 4.74 Å². The number of hydrogen-bond acceptors (Lipinski definition) is 3. The van der Waals surface area contributed by atoms with Crippen LogP contribution >= 0.6 is 0 Å². The number of ether oxygens (including phenoxy) is 1. The van der Waals surface area contributed by atoms with Gasteiger partial charge in [0.05, 0.1) is 5.41 Å². The van der Waals surface area contributed by atoms with E-state index in [0.717, 1.165) is 6.42 Å². The minimum Gasteiger partial charge on any atom is -0.481 e. The minimum absolute atomic E-state index is 0.0676. The molecule has 0 aromatic heterocycles. The normalized spacial score (nSPS) is 18.9. The molecule has 1 aliphatic rings. The van der Waals surface area contributed by atoms with E-state index in [2.05, 4.69) is 26.1 Å². The third kappa shape index (κ3) is 5.19. The Balaban J connectivity index is 2.44. The van der Waals surface area contributed by atoms with Gasteiger partial charge in [0.1, 0.15) is 0 Å². The van der Waals surface area contributed by atoms with E-state index >= 15 is 0 Å². The Bertz CT molecular complexity index is 327. The van der Waals surface area contributed by atoms with Gasteiger partial charge in [-0.25, -0.2) is 0 Å². The molecule has 110 valence electrons. The third-order valence-corrected chi connectivity index (χ3v) is 3.63. The molecule has 0 bridgehead atoms. The molecule has 0 aliphatic carbocycles. The van der Waals surface area contributed by atoms with Crippen LogP contribution in [0.5, 0.6) is 0 Å². The second-order valence-corrected chi connectivity index (χ2v) is 6.54. The third-order valence-electron chi connectivity index (χ3n) is 3.63. The Morgan fingerprint density at radius 1 is 1.26 bits per heavy atom. The van der Waals surface area contributed by atoms with Crippen molar-refractivity contribution in [2.45, 2.75) is 46.5 Å². The zero-order chi connectivity index (χ0) is 14.5. The van der Waals surface area contributed by atoms with E-state index in [-0.39, 0.29) is 17.9 Å². The van der Waals surface area contributed by atoms with Crippen molar-refractivity contribution in [3.05, 3.63) is 0 Å². The van der Waals surface area contributed by atoms with Crippen molar-refractivity contribution in [2.24, 2.45) is 10.8 Å². The average Bonchev–Trinajstić information content (AvgIpc) is 2.34. The molecule has 0 radical (unpaired) electrons. The molecule has 5 heteroatoms. The lowest BCUT2D eigenvalue weighted by molar-refractivity contribution is -0.154. The summed E-state index contributed by atoms with van der Waals surface area (Å²) < 4.78 is 5.20. The van der Waals surface area contributed by atoms with Gasteiger partial charge in [0.2, 0.25) is 5.91 Å². The summed E-state index contributed by atoms with van der Waals surface area (Å²) in [5.41, 5.74) is -0.740. The summed E-state index contributed by atoms with van der Waals surface area (Å²) in [6.45, 7) is 7.34. The Labute approximate surface area is 114 Å². The van der Waals surface area contributed by atoms with Gasteiger partial charge in [-0.1, -0.05) is 20.8 Å². The van der Waals surface area contributed by atoms with Gasteiger partial charge in [0, 0.05) is 26.2 Å². The van der Waals surface area contributed by atoms with E-state index < -0.39 is 11.4 Å². The summed E-state index contributed by atoms with van der Waals surface area (Å²) in [5.74, 6) is -0.908. The molecule has 1 saturated heterocycles. The number of hydrogen-bond donors (Lipinski definition) is 2. The lowest BCUT2D eigenvalue weighted by Crippen LogP contribution is -2.46. The van der Waals surface area contributed by atoms with Gasteiger partial charge in [-0.15, -0.1) is 0 Å². The highest BCUT2D eigenvalue weighted by molar-refractivity contribution is 5.79. The highest BCUT2D eigenvalue weighted by Gasteiger charge is 2.40. The molecule has 2 N–H and O–H groups in total. The highest BCUT2D eigenvalue weighted by atomic mass is 16.5. The van der Waals surface area contributed by atoms with Crippen molar-refractivity contribution in [1.29, 1.82) is 0 Å². The van der Waals surface area contributed by atoms with Gasteiger partial charge in [0.15, 0.2) is 0 Å². The fourth-order valence-electron chi connectivity index (χ4n) is 2.07. The summed E-state index contributed by atoms with van der Waals surface area (Å²) in [7, 11) is 0. The standard InChI is InChI=1S/C14H25NO4/c1-13(2,3)5-4-11(16)15-10-14(12(17)18)6-8-19-9-7-14/h4-10H2,1-3H3,(H,15,16)(H,17,18). The molecule has 1 aliphatic heterocycles. The van der Waals surface area contributed by atoms with Gasteiger partial charge in [-0.2, -0.15) is 0 Å². The lowest BCUT2D eigenvalue weighted by Gasteiger charge is -2.33. The first-order valence-electron chi connectivity index (χ1n) is 6.83. The van der Waals surface area contributed by atoms with Crippen LogP contribution in [0.4, 0.5) is 0 Å². The highest BCUT2D eigenvalue weighted by Crippen LogP contribution is 2.30. The Hall–Kier alpha value is -1.10. The van der Waals surface area contributed by atoms with Crippen LogP contribution in [0.3, 0.4) is 0 Å². The number of carboxylic acids is 1. The topological polar surface area (TPSA) is 75.6 Å². The number of carbonyl (C=O) groups is 2. The lowest BCUT2D eigenvalue weighted by atomic mass is 9.80. The summed E-state index contributed by atoms with van der Waals surface area (Å²) in [4.78, 5) is 23.2. The van der Waals surface area contributed by atoms with E-state index in [1.165, 1.54) is 0 Å². The quantitative estimate of drug-likeness (QED) is 0.799. The van der Waals surface area contributed by atoms with Crippen LogP contribution in [-0.4, -0.2) is 36.7 Å². The zero-order valence-corrected chi connectivity index (χ0v) is 12.1. The minimum atomic E-state index is -0.852. The van der Waals surface area contributed by atoms with Gasteiger partial charge < -0.3 is 15.2 Å². The van der Waals surface area contributed by atoms with E-state index in [1.807, 2.05) is 0 Å². The summed E-state index contributed by atoms with van der Waals surface area (Å²) in [5, 5.41) is 12.1. The molecule has 0 spiro atoms. The molecule has 19 heavy (non-hydrogen) atoms. The van der Waals surface area contributed by atoms with Crippen LogP contribution in [0.2, 0.25) is 0 Å². The molecular weight excluding hydrogens is 246 g/mol. The summed E-state index contributed by atoms with van der Waals surface area (Å²) in [6.07, 6.45) is 2.15. The van der Waals surface area contributed by atoms with Crippen molar-refractivity contribution in [2.75, 3.05) is 19.8 Å². The van der Waals surface area contributed by atoms with Crippen molar-refractivity contribution in [1.82, 2.24) is 5.32 Å². The van der Waals surface area contributed by atoms with Crippen molar-refractivity contribution >= 4 is 11.9 Å². The molecule has 0 aromatic carbocycles. The first-order valence-corrected chi connectivity index (χ1v) is 6.83. The maximum absolute atomic E-state index is 11.8. The molecule has 1 amide bonds. The molecular formula is C14H25NO4. The molecule has 1 rings (SSSR count). The van der Waals surface area contributed by atoms with Crippen molar-refractivity contribution < 1.29 is 19.4 Å². The van der Waals surface area contributed by atoms with Crippen molar-refractivity contribution in [3.8, 4) is 0 Å². The molecule has 5 nitrogen and oxygen atoms in total. The molecule has 0 aromatic rings. The summed E-state index contributed by atoms with van der Waals surface area (Å²) >= 11 is 0. The Kier molecular flexibility index (Phi) is 5.35. The predicted molar refractivity (Wildman–Crippen MR) is 71.8 cm³/mol. The molecule has 0 unspecified atom stereocenters. The smallest absolute Gasteiger partial charge is 0.311 e.